The lowest BCUT2D eigenvalue weighted by atomic mass is 9.99. The predicted octanol–water partition coefficient (Wildman–Crippen LogP) is 4.57. The number of Topliss-reactive ketones (excluding diaryl/α,β-unsaturated/α-hetero) is 1. The second-order valence-corrected chi connectivity index (χ2v) is 4.74. The monoisotopic (exact) mass is 295 g/mol. The molecule has 0 atom stereocenters. The molecule has 0 saturated carbocycles. The van der Waals surface area contributed by atoms with Crippen LogP contribution in [0, 0.1) is 19.3 Å². The first-order chi connectivity index (χ1) is 9.66. The summed E-state index contributed by atoms with van der Waals surface area (Å²) in [5.74, 6) is -0.333. The summed E-state index contributed by atoms with van der Waals surface area (Å²) in [6.07, 6.45) is -2.54. The van der Waals surface area contributed by atoms with E-state index in [1.165, 1.54) is 6.92 Å². The van der Waals surface area contributed by atoms with Crippen LogP contribution in [-0.4, -0.2) is 18.2 Å². The number of allylic oxidation sites excluding steroid dienone is 4. The molecule has 2 nitrogen and oxygen atoms in total. The molecule has 1 aromatic rings. The number of carbonyl (C=O) groups excluding carboxylic acids is 1. The SMILES string of the molecule is C/C(=C/C=C(\C=N)C(F)(F)F)C(=O)c1ccc(C)c(C)c1. The Morgan fingerprint density at radius 1 is 1.14 bits per heavy atom. The number of halogens is 3. The molecule has 0 saturated heterocycles. The van der Waals surface area contributed by atoms with Gasteiger partial charge in [-0.05, 0) is 49.6 Å². The molecule has 0 aromatic heterocycles. The molecule has 112 valence electrons. The number of hydrogen-bond acceptors (Lipinski definition) is 2. The first-order valence-corrected chi connectivity index (χ1v) is 6.25. The third-order valence-electron chi connectivity index (χ3n) is 3.12. The quantitative estimate of drug-likeness (QED) is 0.376. The van der Waals surface area contributed by atoms with Gasteiger partial charge >= 0.3 is 6.18 Å². The van der Waals surface area contributed by atoms with Crippen LogP contribution in [0.15, 0.2) is 41.5 Å². The summed E-state index contributed by atoms with van der Waals surface area (Å²) in [6, 6.07) is 5.15. The van der Waals surface area contributed by atoms with Crippen LogP contribution in [0.2, 0.25) is 0 Å². The van der Waals surface area contributed by atoms with Crippen molar-refractivity contribution in [1.82, 2.24) is 0 Å². The number of benzene rings is 1. The molecule has 1 aromatic carbocycles. The van der Waals surface area contributed by atoms with E-state index in [9.17, 15) is 18.0 Å². The third-order valence-corrected chi connectivity index (χ3v) is 3.12. The van der Waals surface area contributed by atoms with Crippen molar-refractivity contribution in [2.24, 2.45) is 0 Å². The molecule has 0 aliphatic rings. The highest BCUT2D eigenvalue weighted by molar-refractivity contribution is 6.08. The Balaban J connectivity index is 3.07. The summed E-state index contributed by atoms with van der Waals surface area (Å²) >= 11 is 0. The van der Waals surface area contributed by atoms with E-state index in [2.05, 4.69) is 0 Å². The molecule has 0 amide bonds. The van der Waals surface area contributed by atoms with Crippen molar-refractivity contribution in [3.05, 3.63) is 58.2 Å². The number of carbonyl (C=O) groups is 1. The number of hydrogen-bond donors (Lipinski definition) is 1. The first-order valence-electron chi connectivity index (χ1n) is 6.25. The van der Waals surface area contributed by atoms with Gasteiger partial charge in [0, 0.05) is 11.8 Å². The highest BCUT2D eigenvalue weighted by atomic mass is 19.4. The molecule has 0 fully saturated rings. The van der Waals surface area contributed by atoms with Crippen molar-refractivity contribution in [2.45, 2.75) is 26.9 Å². The molecule has 1 rings (SSSR count). The molecule has 1 N–H and O–H groups in total. The van der Waals surface area contributed by atoms with Gasteiger partial charge in [-0.1, -0.05) is 18.2 Å². The zero-order valence-electron chi connectivity index (χ0n) is 12.0. The van der Waals surface area contributed by atoms with E-state index in [1.807, 2.05) is 13.8 Å². The standard InChI is InChI=1S/C16H16F3NO/c1-10-4-6-13(8-12(10)3)15(21)11(2)5-7-14(9-20)16(17,18)19/h4-9,20H,1-3H3/b11-5-,14-7+,20-9?. The number of alkyl halides is 3. The zero-order valence-corrected chi connectivity index (χ0v) is 12.0. The molecular weight excluding hydrogens is 279 g/mol. The summed E-state index contributed by atoms with van der Waals surface area (Å²) in [4.78, 5) is 12.1. The smallest absolute Gasteiger partial charge is 0.308 e. The average Bonchev–Trinajstić information content (AvgIpc) is 2.40. The maximum atomic E-state index is 12.5. The van der Waals surface area contributed by atoms with Gasteiger partial charge in [-0.25, -0.2) is 0 Å². The normalized spacial score (nSPS) is 13.2. The zero-order chi connectivity index (χ0) is 16.2. The molecule has 0 aliphatic carbocycles. The molecular formula is C16H16F3NO. The number of rotatable bonds is 4. The molecule has 0 heterocycles. The highest BCUT2D eigenvalue weighted by Crippen LogP contribution is 2.24. The second-order valence-electron chi connectivity index (χ2n) is 4.74. The molecule has 0 aliphatic heterocycles. The number of ketones is 1. The van der Waals surface area contributed by atoms with Crippen LogP contribution in [0.3, 0.4) is 0 Å². The Hall–Kier alpha value is -2.17. The van der Waals surface area contributed by atoms with Gasteiger partial charge in [-0.15, -0.1) is 0 Å². The van der Waals surface area contributed by atoms with E-state index in [0.717, 1.165) is 23.3 Å². The van der Waals surface area contributed by atoms with Crippen LogP contribution in [0.1, 0.15) is 28.4 Å². The van der Waals surface area contributed by atoms with Crippen molar-refractivity contribution >= 4 is 12.0 Å². The van der Waals surface area contributed by atoms with E-state index in [4.69, 9.17) is 5.41 Å². The summed E-state index contributed by atoms with van der Waals surface area (Å²) in [5.41, 5.74) is 1.50. The molecule has 0 spiro atoms. The Labute approximate surface area is 121 Å². The lowest BCUT2D eigenvalue weighted by Crippen LogP contribution is -2.12. The van der Waals surface area contributed by atoms with Crippen LogP contribution in [-0.2, 0) is 0 Å². The predicted molar refractivity (Wildman–Crippen MR) is 76.9 cm³/mol. The van der Waals surface area contributed by atoms with Gasteiger partial charge in [-0.2, -0.15) is 13.2 Å². The van der Waals surface area contributed by atoms with Gasteiger partial charge in [0.2, 0.25) is 0 Å². The van der Waals surface area contributed by atoms with Crippen molar-refractivity contribution in [1.29, 1.82) is 5.41 Å². The van der Waals surface area contributed by atoms with E-state index in [-0.39, 0.29) is 17.6 Å². The maximum absolute atomic E-state index is 12.5. The minimum Gasteiger partial charge on any atom is -0.308 e. The van der Waals surface area contributed by atoms with Crippen LogP contribution < -0.4 is 0 Å². The van der Waals surface area contributed by atoms with Gasteiger partial charge < -0.3 is 5.41 Å². The lowest BCUT2D eigenvalue weighted by Gasteiger charge is -2.06. The van der Waals surface area contributed by atoms with Gasteiger partial charge in [0.05, 0.1) is 5.57 Å². The van der Waals surface area contributed by atoms with Gasteiger partial charge in [0.1, 0.15) is 0 Å². The maximum Gasteiger partial charge on any atom is 0.417 e. The summed E-state index contributed by atoms with van der Waals surface area (Å²) in [7, 11) is 0. The van der Waals surface area contributed by atoms with Crippen LogP contribution in [0.4, 0.5) is 13.2 Å². The summed E-state index contributed by atoms with van der Waals surface area (Å²) in [5, 5.41) is 6.76. The first kappa shape index (κ1) is 16.9. The fourth-order valence-corrected chi connectivity index (χ4v) is 1.63. The average molecular weight is 295 g/mol. The van der Waals surface area contributed by atoms with Gasteiger partial charge in [0.15, 0.2) is 5.78 Å². The Bertz CT molecular complexity index is 625. The topological polar surface area (TPSA) is 40.9 Å². The largest absolute Gasteiger partial charge is 0.417 e. The van der Waals surface area contributed by atoms with Crippen LogP contribution in [0.25, 0.3) is 0 Å². The molecule has 0 bridgehead atoms. The Morgan fingerprint density at radius 2 is 1.76 bits per heavy atom. The Morgan fingerprint density at radius 3 is 2.24 bits per heavy atom. The third kappa shape index (κ3) is 4.41. The van der Waals surface area contributed by atoms with E-state index in [1.54, 1.807) is 18.2 Å². The Kier molecular flexibility index (Phi) is 5.24. The second kappa shape index (κ2) is 6.52. The molecule has 0 radical (unpaired) electrons. The van der Waals surface area contributed by atoms with Crippen molar-refractivity contribution in [2.75, 3.05) is 0 Å². The van der Waals surface area contributed by atoms with E-state index >= 15 is 0 Å². The number of nitrogens with one attached hydrogen (secondary N) is 1. The fraction of sp³-hybridized carbons (Fsp3) is 0.250. The molecule has 0 unspecified atom stereocenters. The van der Waals surface area contributed by atoms with Crippen LogP contribution in [0.5, 0.6) is 0 Å². The summed E-state index contributed by atoms with van der Waals surface area (Å²) < 4.78 is 37.4. The van der Waals surface area contributed by atoms with Crippen molar-refractivity contribution in [3.8, 4) is 0 Å². The molecule has 21 heavy (non-hydrogen) atoms. The van der Waals surface area contributed by atoms with Gasteiger partial charge in [-0.3, -0.25) is 4.79 Å². The van der Waals surface area contributed by atoms with Crippen molar-refractivity contribution in [3.63, 3.8) is 0 Å². The summed E-state index contributed by atoms with van der Waals surface area (Å²) in [6.45, 7) is 5.22. The van der Waals surface area contributed by atoms with E-state index in [0.29, 0.717) is 5.56 Å². The minimum atomic E-state index is -4.60. The minimum absolute atomic E-state index is 0.182. The van der Waals surface area contributed by atoms with Gasteiger partial charge in [0.25, 0.3) is 0 Å². The highest BCUT2D eigenvalue weighted by Gasteiger charge is 2.31. The lowest BCUT2D eigenvalue weighted by molar-refractivity contribution is -0.0856. The fourth-order valence-electron chi connectivity index (χ4n) is 1.63. The van der Waals surface area contributed by atoms with Crippen LogP contribution >= 0.6 is 0 Å². The molecule has 5 heteroatoms. The van der Waals surface area contributed by atoms with E-state index < -0.39 is 11.7 Å². The number of aryl methyl sites for hydroxylation is 2. The van der Waals surface area contributed by atoms with Crippen molar-refractivity contribution < 1.29 is 18.0 Å².